The van der Waals surface area contributed by atoms with Crippen LogP contribution in [0.15, 0.2) is 11.4 Å². The van der Waals surface area contributed by atoms with E-state index in [-0.39, 0.29) is 0 Å². The van der Waals surface area contributed by atoms with Crippen LogP contribution in [0, 0.1) is 12.3 Å². The zero-order valence-electron chi connectivity index (χ0n) is 9.42. The van der Waals surface area contributed by atoms with Crippen LogP contribution in [0.25, 0.3) is 0 Å². The van der Waals surface area contributed by atoms with E-state index in [0.717, 1.165) is 6.04 Å². The van der Waals surface area contributed by atoms with Crippen molar-refractivity contribution in [2.75, 3.05) is 0 Å². The molecule has 14 heavy (non-hydrogen) atoms. The van der Waals surface area contributed by atoms with Crippen LogP contribution in [0.2, 0.25) is 0 Å². The minimum Gasteiger partial charge on any atom is -0.306 e. The van der Waals surface area contributed by atoms with Gasteiger partial charge < -0.3 is 5.32 Å². The first-order chi connectivity index (χ1) is 6.50. The predicted octanol–water partition coefficient (Wildman–Crippen LogP) is 3.51. The van der Waals surface area contributed by atoms with Crippen LogP contribution in [-0.2, 0) is 0 Å². The molecule has 2 rings (SSSR count). The van der Waals surface area contributed by atoms with Crippen LogP contribution in [-0.4, -0.2) is 6.04 Å². The Hall–Kier alpha value is -0.340. The number of aryl methyl sites for hydroxylation is 1. The Morgan fingerprint density at radius 2 is 2.21 bits per heavy atom. The molecule has 0 saturated heterocycles. The smallest absolute Gasteiger partial charge is 0.0391 e. The Morgan fingerprint density at radius 1 is 1.57 bits per heavy atom. The second kappa shape index (κ2) is 3.35. The van der Waals surface area contributed by atoms with Crippen molar-refractivity contribution in [3.05, 3.63) is 21.9 Å². The molecule has 2 atom stereocenters. The molecule has 1 aliphatic carbocycles. The monoisotopic (exact) mass is 209 g/mol. The summed E-state index contributed by atoms with van der Waals surface area (Å²) in [4.78, 5) is 1.49. The van der Waals surface area contributed by atoms with Crippen LogP contribution >= 0.6 is 11.3 Å². The van der Waals surface area contributed by atoms with Crippen molar-refractivity contribution < 1.29 is 0 Å². The van der Waals surface area contributed by atoms with E-state index in [1.165, 1.54) is 16.9 Å². The van der Waals surface area contributed by atoms with Gasteiger partial charge in [-0.3, -0.25) is 0 Å². The summed E-state index contributed by atoms with van der Waals surface area (Å²) in [5.74, 6) is 0. The number of thiophene rings is 1. The summed E-state index contributed by atoms with van der Waals surface area (Å²) in [7, 11) is 0. The van der Waals surface area contributed by atoms with E-state index < -0.39 is 0 Å². The third-order valence-electron chi connectivity index (χ3n) is 3.26. The molecule has 0 radical (unpaired) electrons. The summed E-state index contributed by atoms with van der Waals surface area (Å²) in [6.45, 7) is 9.13. The van der Waals surface area contributed by atoms with Gasteiger partial charge >= 0.3 is 0 Å². The van der Waals surface area contributed by atoms with Crippen molar-refractivity contribution in [3.8, 4) is 0 Å². The minimum atomic E-state index is 0.516. The first kappa shape index (κ1) is 10.2. The lowest BCUT2D eigenvalue weighted by Gasteiger charge is -2.14. The van der Waals surface area contributed by atoms with Gasteiger partial charge in [-0.05, 0) is 42.7 Å². The van der Waals surface area contributed by atoms with Gasteiger partial charge in [0, 0.05) is 17.0 Å². The molecule has 0 aliphatic heterocycles. The molecule has 0 aromatic carbocycles. The molecule has 1 nitrogen and oxygen atoms in total. The summed E-state index contributed by atoms with van der Waals surface area (Å²) < 4.78 is 0. The molecule has 0 amide bonds. The number of hydrogen-bond acceptors (Lipinski definition) is 2. The first-order valence-corrected chi connectivity index (χ1v) is 6.19. The minimum absolute atomic E-state index is 0.516. The van der Waals surface area contributed by atoms with Gasteiger partial charge in [0.2, 0.25) is 0 Å². The maximum atomic E-state index is 3.70. The fourth-order valence-electron chi connectivity index (χ4n) is 1.96. The molecule has 1 N–H and O–H groups in total. The molecule has 1 saturated carbocycles. The molecule has 1 aromatic rings. The molecular weight excluding hydrogens is 190 g/mol. The number of hydrogen-bond donors (Lipinski definition) is 1. The van der Waals surface area contributed by atoms with Crippen molar-refractivity contribution in [1.29, 1.82) is 0 Å². The maximum Gasteiger partial charge on any atom is 0.0391 e. The fourth-order valence-corrected chi connectivity index (χ4v) is 2.90. The topological polar surface area (TPSA) is 12.0 Å². The molecule has 2 unspecified atom stereocenters. The molecule has 2 heteroatoms. The fraction of sp³-hybridized carbons (Fsp3) is 0.667. The largest absolute Gasteiger partial charge is 0.306 e. The highest BCUT2D eigenvalue weighted by atomic mass is 32.1. The molecule has 1 fully saturated rings. The van der Waals surface area contributed by atoms with Crippen LogP contribution in [0.1, 0.15) is 43.7 Å². The average Bonchev–Trinajstić information content (AvgIpc) is 2.53. The van der Waals surface area contributed by atoms with Gasteiger partial charge in [0.15, 0.2) is 0 Å². The van der Waals surface area contributed by atoms with Crippen LogP contribution in [0.4, 0.5) is 0 Å². The van der Waals surface area contributed by atoms with E-state index >= 15 is 0 Å². The van der Waals surface area contributed by atoms with E-state index in [1.54, 1.807) is 0 Å². The lowest BCUT2D eigenvalue weighted by Crippen LogP contribution is -2.23. The van der Waals surface area contributed by atoms with E-state index in [0.29, 0.717) is 11.5 Å². The molecule has 0 spiro atoms. The van der Waals surface area contributed by atoms with Gasteiger partial charge in [0.05, 0.1) is 0 Å². The van der Waals surface area contributed by atoms with Gasteiger partial charge in [-0.15, -0.1) is 11.3 Å². The van der Waals surface area contributed by atoms with E-state index in [9.17, 15) is 0 Å². The van der Waals surface area contributed by atoms with Crippen LogP contribution < -0.4 is 5.32 Å². The zero-order chi connectivity index (χ0) is 10.3. The first-order valence-electron chi connectivity index (χ1n) is 5.31. The van der Waals surface area contributed by atoms with E-state index in [1.807, 2.05) is 11.3 Å². The molecule has 1 heterocycles. The number of rotatable bonds is 3. The highest BCUT2D eigenvalue weighted by molar-refractivity contribution is 7.10. The lowest BCUT2D eigenvalue weighted by atomic mass is 10.1. The van der Waals surface area contributed by atoms with E-state index in [2.05, 4.69) is 44.5 Å². The third-order valence-corrected chi connectivity index (χ3v) is 4.46. The molecular formula is C12H19NS. The highest BCUT2D eigenvalue weighted by Crippen LogP contribution is 2.46. The predicted molar refractivity (Wildman–Crippen MR) is 62.8 cm³/mol. The summed E-state index contributed by atoms with van der Waals surface area (Å²) >= 11 is 1.87. The normalized spacial score (nSPS) is 26.1. The molecule has 1 aromatic heterocycles. The van der Waals surface area contributed by atoms with Gasteiger partial charge in [-0.1, -0.05) is 13.8 Å². The summed E-state index contributed by atoms with van der Waals surface area (Å²) in [6.07, 6.45) is 1.32. The van der Waals surface area contributed by atoms with Crippen molar-refractivity contribution >= 4 is 11.3 Å². The Bertz CT molecular complexity index is 327. The SMILES string of the molecule is Cc1ccsc1C(C)NC1CC1(C)C. The quantitative estimate of drug-likeness (QED) is 0.803. The third kappa shape index (κ3) is 1.86. The second-order valence-corrected chi connectivity index (χ2v) is 6.05. The molecule has 0 bridgehead atoms. The van der Waals surface area contributed by atoms with Gasteiger partial charge in [0.1, 0.15) is 0 Å². The highest BCUT2D eigenvalue weighted by Gasteiger charge is 2.46. The molecule has 1 aliphatic rings. The van der Waals surface area contributed by atoms with Gasteiger partial charge in [-0.2, -0.15) is 0 Å². The zero-order valence-corrected chi connectivity index (χ0v) is 10.2. The Balaban J connectivity index is 1.97. The Kier molecular flexibility index (Phi) is 2.44. The average molecular weight is 209 g/mol. The van der Waals surface area contributed by atoms with Gasteiger partial charge in [0.25, 0.3) is 0 Å². The summed E-state index contributed by atoms with van der Waals surface area (Å²) in [5.41, 5.74) is 1.95. The number of nitrogens with one attached hydrogen (secondary N) is 1. The van der Waals surface area contributed by atoms with Crippen LogP contribution in [0.5, 0.6) is 0 Å². The lowest BCUT2D eigenvalue weighted by molar-refractivity contribution is 0.495. The van der Waals surface area contributed by atoms with Crippen molar-refractivity contribution in [2.24, 2.45) is 5.41 Å². The van der Waals surface area contributed by atoms with Crippen molar-refractivity contribution in [3.63, 3.8) is 0 Å². The maximum absolute atomic E-state index is 3.70. The second-order valence-electron chi connectivity index (χ2n) is 5.10. The van der Waals surface area contributed by atoms with Crippen LogP contribution in [0.3, 0.4) is 0 Å². The molecule has 78 valence electrons. The van der Waals surface area contributed by atoms with E-state index in [4.69, 9.17) is 0 Å². The summed E-state index contributed by atoms with van der Waals surface area (Å²) in [6, 6.07) is 3.44. The van der Waals surface area contributed by atoms with Crippen molar-refractivity contribution in [1.82, 2.24) is 5.32 Å². The Labute approximate surface area is 90.5 Å². The summed E-state index contributed by atoms with van der Waals surface area (Å²) in [5, 5.41) is 5.88. The standard InChI is InChI=1S/C12H19NS/c1-8-5-6-14-11(8)9(2)13-10-7-12(10,3)4/h5-6,9-10,13H,7H2,1-4H3. The Morgan fingerprint density at radius 3 is 2.64 bits per heavy atom. The van der Waals surface area contributed by atoms with Crippen molar-refractivity contribution in [2.45, 2.75) is 46.2 Å². The van der Waals surface area contributed by atoms with Gasteiger partial charge in [-0.25, -0.2) is 0 Å².